The molecule has 96 valence electrons. The molecule has 0 saturated carbocycles. The lowest BCUT2D eigenvalue weighted by Gasteiger charge is -2.32. The van der Waals surface area contributed by atoms with Gasteiger partial charge in [0.15, 0.2) is 0 Å². The number of rotatable bonds is 4. The molecule has 1 aromatic carbocycles. The van der Waals surface area contributed by atoms with Gasteiger partial charge in [0, 0.05) is 17.7 Å². The summed E-state index contributed by atoms with van der Waals surface area (Å²) in [5, 5.41) is 0.0110. The van der Waals surface area contributed by atoms with E-state index in [2.05, 4.69) is 0 Å². The van der Waals surface area contributed by atoms with E-state index in [1.807, 2.05) is 32.8 Å². The molecule has 0 amide bonds. The van der Waals surface area contributed by atoms with Crippen LogP contribution >= 0.6 is 11.6 Å². The van der Waals surface area contributed by atoms with Crippen LogP contribution < -0.4 is 10.5 Å². The summed E-state index contributed by atoms with van der Waals surface area (Å²) < 4.78 is 18.7. The molecule has 2 N–H and O–H groups in total. The van der Waals surface area contributed by atoms with Crippen molar-refractivity contribution in [3.05, 3.63) is 23.0 Å². The fraction of sp³-hybridized carbons (Fsp3) is 0.500. The zero-order valence-electron chi connectivity index (χ0n) is 10.6. The molecule has 3 nitrogen and oxygen atoms in total. The standard InChI is InChI=1S/C12H18ClFN2O/c1-12(2,16(3)4)7-17-11-5-8(13)9(14)6-10(11)15/h5-6H,7,15H2,1-4H3. The van der Waals surface area contributed by atoms with Crippen LogP contribution in [0, 0.1) is 5.82 Å². The van der Waals surface area contributed by atoms with Gasteiger partial charge in [-0.3, -0.25) is 0 Å². The Morgan fingerprint density at radius 1 is 1.41 bits per heavy atom. The van der Waals surface area contributed by atoms with Crippen molar-refractivity contribution in [2.24, 2.45) is 0 Å². The molecule has 0 aliphatic rings. The van der Waals surface area contributed by atoms with Crippen molar-refractivity contribution in [3.8, 4) is 5.75 Å². The van der Waals surface area contributed by atoms with Crippen molar-refractivity contribution in [1.29, 1.82) is 0 Å². The molecule has 17 heavy (non-hydrogen) atoms. The maximum absolute atomic E-state index is 13.1. The number of hydrogen-bond acceptors (Lipinski definition) is 3. The third-order valence-electron chi connectivity index (χ3n) is 2.84. The van der Waals surface area contributed by atoms with Gasteiger partial charge >= 0.3 is 0 Å². The number of nitrogens with zero attached hydrogens (tertiary/aromatic N) is 1. The summed E-state index contributed by atoms with van der Waals surface area (Å²) in [6.45, 7) is 4.51. The van der Waals surface area contributed by atoms with E-state index in [-0.39, 0.29) is 16.2 Å². The third-order valence-corrected chi connectivity index (χ3v) is 3.13. The summed E-state index contributed by atoms with van der Waals surface area (Å²) >= 11 is 5.68. The van der Waals surface area contributed by atoms with Crippen molar-refractivity contribution < 1.29 is 9.13 Å². The molecule has 0 heterocycles. The molecule has 0 unspecified atom stereocenters. The van der Waals surface area contributed by atoms with Gasteiger partial charge in [-0.05, 0) is 27.9 Å². The predicted molar refractivity (Wildman–Crippen MR) is 69.1 cm³/mol. The number of halogens is 2. The molecule has 0 fully saturated rings. The van der Waals surface area contributed by atoms with Crippen LogP contribution in [0.3, 0.4) is 0 Å². The van der Waals surface area contributed by atoms with E-state index in [0.29, 0.717) is 12.4 Å². The van der Waals surface area contributed by atoms with E-state index >= 15 is 0 Å². The number of likely N-dealkylation sites (N-methyl/N-ethyl adjacent to an activating group) is 1. The first-order valence-electron chi connectivity index (χ1n) is 5.29. The Morgan fingerprint density at radius 2 is 2.00 bits per heavy atom. The Labute approximate surface area is 106 Å². The molecule has 0 atom stereocenters. The number of benzene rings is 1. The van der Waals surface area contributed by atoms with Crippen molar-refractivity contribution >= 4 is 17.3 Å². The van der Waals surface area contributed by atoms with E-state index in [4.69, 9.17) is 22.1 Å². The van der Waals surface area contributed by atoms with Crippen molar-refractivity contribution in [2.75, 3.05) is 26.4 Å². The van der Waals surface area contributed by atoms with Crippen LogP contribution in [-0.4, -0.2) is 31.1 Å². The minimum absolute atomic E-state index is 0.0110. The van der Waals surface area contributed by atoms with E-state index in [0.717, 1.165) is 0 Å². The van der Waals surface area contributed by atoms with Crippen molar-refractivity contribution in [2.45, 2.75) is 19.4 Å². The first-order chi connectivity index (χ1) is 7.74. The van der Waals surface area contributed by atoms with Gasteiger partial charge in [-0.1, -0.05) is 11.6 Å². The second-order valence-corrected chi connectivity index (χ2v) is 5.21. The average molecular weight is 261 g/mol. The highest BCUT2D eigenvalue weighted by molar-refractivity contribution is 6.31. The molecule has 0 aliphatic heterocycles. The Kier molecular flexibility index (Phi) is 4.22. The summed E-state index contributed by atoms with van der Waals surface area (Å²) in [4.78, 5) is 2.04. The van der Waals surface area contributed by atoms with Gasteiger partial charge in [0.25, 0.3) is 0 Å². The summed E-state index contributed by atoms with van der Waals surface area (Å²) in [6, 6.07) is 2.57. The van der Waals surface area contributed by atoms with Crippen LogP contribution in [0.25, 0.3) is 0 Å². The largest absolute Gasteiger partial charge is 0.489 e. The van der Waals surface area contributed by atoms with E-state index < -0.39 is 5.82 Å². The summed E-state index contributed by atoms with van der Waals surface area (Å²) in [5.41, 5.74) is 5.76. The van der Waals surface area contributed by atoms with Gasteiger partial charge in [0.1, 0.15) is 18.2 Å². The van der Waals surface area contributed by atoms with Crippen LogP contribution in [0.1, 0.15) is 13.8 Å². The van der Waals surface area contributed by atoms with Crippen LogP contribution in [0.5, 0.6) is 5.75 Å². The lowest BCUT2D eigenvalue weighted by atomic mass is 10.1. The predicted octanol–water partition coefficient (Wildman–Crippen LogP) is 2.78. The van der Waals surface area contributed by atoms with Crippen LogP contribution in [0.15, 0.2) is 12.1 Å². The molecule has 0 radical (unpaired) electrons. The first kappa shape index (κ1) is 14.1. The normalized spacial score (nSPS) is 11.9. The maximum atomic E-state index is 13.1. The monoisotopic (exact) mass is 260 g/mol. The Bertz CT molecular complexity index is 408. The van der Waals surface area contributed by atoms with Crippen molar-refractivity contribution in [3.63, 3.8) is 0 Å². The van der Waals surface area contributed by atoms with Crippen LogP contribution in [0.2, 0.25) is 5.02 Å². The van der Waals surface area contributed by atoms with Gasteiger partial charge in [0.05, 0.1) is 10.7 Å². The smallest absolute Gasteiger partial charge is 0.144 e. The third kappa shape index (κ3) is 3.48. The fourth-order valence-electron chi connectivity index (χ4n) is 1.05. The molecule has 1 aromatic rings. The molecule has 0 saturated heterocycles. The summed E-state index contributed by atoms with van der Waals surface area (Å²) in [7, 11) is 3.93. The second-order valence-electron chi connectivity index (χ2n) is 4.80. The first-order valence-corrected chi connectivity index (χ1v) is 5.66. The number of anilines is 1. The van der Waals surface area contributed by atoms with Gasteiger partial charge in [0.2, 0.25) is 0 Å². The van der Waals surface area contributed by atoms with E-state index in [1.54, 1.807) is 0 Å². The van der Waals surface area contributed by atoms with Gasteiger partial charge in [-0.15, -0.1) is 0 Å². The SMILES string of the molecule is CN(C)C(C)(C)COc1cc(Cl)c(F)cc1N. The maximum Gasteiger partial charge on any atom is 0.144 e. The van der Waals surface area contributed by atoms with Gasteiger partial charge in [-0.2, -0.15) is 0 Å². The minimum atomic E-state index is -0.539. The highest BCUT2D eigenvalue weighted by atomic mass is 35.5. The molecule has 0 bridgehead atoms. The Morgan fingerprint density at radius 3 is 2.53 bits per heavy atom. The minimum Gasteiger partial charge on any atom is -0.489 e. The van der Waals surface area contributed by atoms with Crippen LogP contribution in [-0.2, 0) is 0 Å². The summed E-state index contributed by atoms with van der Waals surface area (Å²) in [6.07, 6.45) is 0. The molecule has 0 spiro atoms. The summed E-state index contributed by atoms with van der Waals surface area (Å²) in [5.74, 6) is -0.130. The van der Waals surface area contributed by atoms with Gasteiger partial charge < -0.3 is 15.4 Å². The fourth-order valence-corrected chi connectivity index (χ4v) is 1.21. The second kappa shape index (κ2) is 5.10. The quantitative estimate of drug-likeness (QED) is 0.846. The van der Waals surface area contributed by atoms with Gasteiger partial charge in [-0.25, -0.2) is 4.39 Å². The Hall–Kier alpha value is -1.00. The van der Waals surface area contributed by atoms with Crippen LogP contribution in [0.4, 0.5) is 10.1 Å². The molecule has 0 aliphatic carbocycles. The highest BCUT2D eigenvalue weighted by Crippen LogP contribution is 2.29. The molecular weight excluding hydrogens is 243 g/mol. The van der Waals surface area contributed by atoms with E-state index in [1.165, 1.54) is 12.1 Å². The topological polar surface area (TPSA) is 38.5 Å². The number of ether oxygens (including phenoxy) is 1. The average Bonchev–Trinajstić information content (AvgIpc) is 2.21. The molecular formula is C12H18ClFN2O. The number of hydrogen-bond donors (Lipinski definition) is 1. The molecule has 0 aromatic heterocycles. The zero-order chi connectivity index (χ0) is 13.2. The lowest BCUT2D eigenvalue weighted by molar-refractivity contribution is 0.114. The van der Waals surface area contributed by atoms with Crippen molar-refractivity contribution in [1.82, 2.24) is 4.90 Å². The lowest BCUT2D eigenvalue weighted by Crippen LogP contribution is -2.43. The number of nitrogens with two attached hydrogens (primary N) is 1. The number of nitrogen functional groups attached to an aromatic ring is 1. The molecule has 1 rings (SSSR count). The molecule has 5 heteroatoms. The highest BCUT2D eigenvalue weighted by Gasteiger charge is 2.22. The zero-order valence-corrected chi connectivity index (χ0v) is 11.3. The van der Waals surface area contributed by atoms with E-state index in [9.17, 15) is 4.39 Å². The Balaban J connectivity index is 2.80.